The highest BCUT2D eigenvalue weighted by atomic mass is 32.2. The molecule has 1 saturated heterocycles. The van der Waals surface area contributed by atoms with E-state index in [1.807, 2.05) is 21.0 Å². The second-order valence-electron chi connectivity index (χ2n) is 10.5. The molecule has 17 nitrogen and oxygen atoms in total. The molecule has 2 aliphatic rings. The maximum absolute atomic E-state index is 11.8. The van der Waals surface area contributed by atoms with Crippen molar-refractivity contribution >= 4 is 40.0 Å². The number of imide groups is 1. The summed E-state index contributed by atoms with van der Waals surface area (Å²) in [5.74, 6) is -3.36. The molecule has 1 heterocycles. The molecule has 0 aromatic heterocycles. The molecular formula is C28H49N5O12S. The molecule has 0 bridgehead atoms. The van der Waals surface area contributed by atoms with Crippen LogP contribution in [0.3, 0.4) is 0 Å². The van der Waals surface area contributed by atoms with Crippen LogP contribution in [0.25, 0.3) is 0 Å². The number of hydrogen-bond acceptors (Lipinski definition) is 12. The fraction of sp³-hybridized carbons (Fsp3) is 0.750. The van der Waals surface area contributed by atoms with Crippen LogP contribution in [0.4, 0.5) is 9.59 Å². The first kappa shape index (κ1) is 40.7. The number of carbonyl (C=O) groups is 5. The van der Waals surface area contributed by atoms with Crippen molar-refractivity contribution in [2.45, 2.75) is 69.6 Å². The zero-order valence-electron chi connectivity index (χ0n) is 26.9. The van der Waals surface area contributed by atoms with Gasteiger partial charge in [0.25, 0.3) is 21.9 Å². The third-order valence-electron chi connectivity index (χ3n) is 6.35. The molecule has 2 unspecified atom stereocenters. The van der Waals surface area contributed by atoms with E-state index in [2.05, 4.69) is 37.8 Å². The first-order valence-corrected chi connectivity index (χ1v) is 16.8. The number of nitrogens with zero attached hydrogens (tertiary/aromatic N) is 2. The van der Waals surface area contributed by atoms with E-state index in [0.717, 1.165) is 51.6 Å². The number of allylic oxidation sites excluding steroid dienone is 2. The smallest absolute Gasteiger partial charge is 0.407 e. The quantitative estimate of drug-likeness (QED) is 0.0723. The van der Waals surface area contributed by atoms with E-state index in [1.165, 1.54) is 0 Å². The van der Waals surface area contributed by atoms with Gasteiger partial charge in [-0.3, -0.25) is 14.1 Å². The minimum Gasteiger partial charge on any atom is -0.446 e. The maximum atomic E-state index is 11.8. The summed E-state index contributed by atoms with van der Waals surface area (Å²) in [7, 11) is -0.736. The Morgan fingerprint density at radius 1 is 0.978 bits per heavy atom. The predicted octanol–water partition coefficient (Wildman–Crippen LogP) is 0.756. The zero-order chi connectivity index (χ0) is 34.4. The van der Waals surface area contributed by atoms with E-state index in [1.54, 1.807) is 0 Å². The minimum atomic E-state index is -4.78. The largest absolute Gasteiger partial charge is 0.446 e. The Morgan fingerprint density at radius 3 is 2.33 bits per heavy atom. The molecule has 18 heteroatoms. The Hall–Kier alpha value is -3.32. The number of rotatable bonds is 17. The van der Waals surface area contributed by atoms with E-state index in [4.69, 9.17) is 18.8 Å². The lowest BCUT2D eigenvalue weighted by molar-refractivity contribution is -0.198. The van der Waals surface area contributed by atoms with Crippen LogP contribution in [0.15, 0.2) is 12.2 Å². The third-order valence-corrected chi connectivity index (χ3v) is 7.44. The van der Waals surface area contributed by atoms with Gasteiger partial charge in [0.2, 0.25) is 0 Å². The van der Waals surface area contributed by atoms with E-state index >= 15 is 0 Å². The maximum Gasteiger partial charge on any atom is 0.407 e. The van der Waals surface area contributed by atoms with Gasteiger partial charge in [0.05, 0.1) is 39.3 Å². The van der Waals surface area contributed by atoms with Gasteiger partial charge in [-0.05, 0) is 66.1 Å². The SMILES string of the molecule is CCNC(=O)NCCCN(C)C.O=C(CCOCCOCCNC(=O)OC1CCC=CCCC1)ON1C(=O)CC(S(=O)(=O)O)C1=O. The first-order valence-electron chi connectivity index (χ1n) is 15.3. The lowest BCUT2D eigenvalue weighted by Crippen LogP contribution is -2.36. The molecule has 0 aromatic rings. The normalized spacial score (nSPS) is 18.2. The first-order chi connectivity index (χ1) is 21.8. The molecule has 46 heavy (non-hydrogen) atoms. The predicted molar refractivity (Wildman–Crippen MR) is 165 cm³/mol. The average Bonchev–Trinajstić information content (AvgIpc) is 3.25. The van der Waals surface area contributed by atoms with Gasteiger partial charge in [-0.25, -0.2) is 14.4 Å². The van der Waals surface area contributed by atoms with Gasteiger partial charge in [-0.15, -0.1) is 5.06 Å². The van der Waals surface area contributed by atoms with Gasteiger partial charge >= 0.3 is 18.1 Å². The molecular weight excluding hydrogens is 630 g/mol. The molecule has 1 aliphatic heterocycles. The molecule has 1 fully saturated rings. The van der Waals surface area contributed by atoms with Crippen LogP contribution in [0.5, 0.6) is 0 Å². The Balaban J connectivity index is 0.000000745. The van der Waals surface area contributed by atoms with Crippen molar-refractivity contribution in [3.63, 3.8) is 0 Å². The fourth-order valence-corrected chi connectivity index (χ4v) is 4.72. The van der Waals surface area contributed by atoms with Crippen molar-refractivity contribution < 1.29 is 56.0 Å². The van der Waals surface area contributed by atoms with E-state index < -0.39 is 45.7 Å². The summed E-state index contributed by atoms with van der Waals surface area (Å²) in [5, 5.41) is 6.11. The van der Waals surface area contributed by atoms with Gasteiger partial charge in [0.15, 0.2) is 5.25 Å². The molecule has 0 radical (unpaired) electrons. The summed E-state index contributed by atoms with van der Waals surface area (Å²) in [6.45, 7) is 5.07. The number of alkyl carbamates (subject to hydrolysis) is 1. The summed E-state index contributed by atoms with van der Waals surface area (Å²) >= 11 is 0. The van der Waals surface area contributed by atoms with Crippen molar-refractivity contribution in [2.24, 2.45) is 0 Å². The highest BCUT2D eigenvalue weighted by molar-refractivity contribution is 7.87. The number of nitrogens with one attached hydrogen (secondary N) is 3. The monoisotopic (exact) mass is 679 g/mol. The number of urea groups is 1. The van der Waals surface area contributed by atoms with Crippen molar-refractivity contribution in [3.8, 4) is 0 Å². The van der Waals surface area contributed by atoms with E-state index in [0.29, 0.717) is 6.54 Å². The zero-order valence-corrected chi connectivity index (χ0v) is 27.7. The van der Waals surface area contributed by atoms with E-state index in [-0.39, 0.29) is 56.6 Å². The Labute approximate surface area is 270 Å². The summed E-state index contributed by atoms with van der Waals surface area (Å²) < 4.78 is 46.9. The molecule has 0 aromatic carbocycles. The molecule has 2 rings (SSSR count). The van der Waals surface area contributed by atoms with Gasteiger partial charge in [-0.1, -0.05) is 12.2 Å². The lowest BCUT2D eigenvalue weighted by Gasteiger charge is -2.18. The van der Waals surface area contributed by atoms with Crippen LogP contribution in [0, 0.1) is 0 Å². The minimum absolute atomic E-state index is 0.0379. The van der Waals surface area contributed by atoms with Crippen molar-refractivity contribution in [3.05, 3.63) is 12.2 Å². The second kappa shape index (κ2) is 23.1. The van der Waals surface area contributed by atoms with E-state index in [9.17, 15) is 32.4 Å². The molecule has 1 aliphatic carbocycles. The third kappa shape index (κ3) is 18.6. The van der Waals surface area contributed by atoms with Gasteiger partial charge in [0.1, 0.15) is 6.10 Å². The van der Waals surface area contributed by atoms with Crippen molar-refractivity contribution in [1.29, 1.82) is 0 Å². The van der Waals surface area contributed by atoms with Crippen LogP contribution in [0.2, 0.25) is 0 Å². The topological polar surface area (TPSA) is 219 Å². The number of amides is 5. The molecule has 0 saturated carbocycles. The Morgan fingerprint density at radius 2 is 1.67 bits per heavy atom. The highest BCUT2D eigenvalue weighted by Crippen LogP contribution is 2.20. The Kier molecular flexibility index (Phi) is 20.4. The lowest BCUT2D eigenvalue weighted by atomic mass is 10.0. The summed E-state index contributed by atoms with van der Waals surface area (Å²) in [6.07, 6.45) is 8.08. The second-order valence-corrected chi connectivity index (χ2v) is 12.1. The number of carbonyl (C=O) groups excluding carboxylic acids is 5. The molecule has 4 N–H and O–H groups in total. The van der Waals surface area contributed by atoms with Gasteiger partial charge in [0, 0.05) is 19.6 Å². The average molecular weight is 680 g/mol. The number of ether oxygens (including phenoxy) is 3. The van der Waals surface area contributed by atoms with Crippen molar-refractivity contribution in [1.82, 2.24) is 25.9 Å². The van der Waals surface area contributed by atoms with Crippen LogP contribution in [-0.2, 0) is 43.5 Å². The van der Waals surface area contributed by atoms with Crippen LogP contribution in [0.1, 0.15) is 58.3 Å². The number of hydroxylamine groups is 2. The van der Waals surface area contributed by atoms with Crippen LogP contribution < -0.4 is 16.0 Å². The summed E-state index contributed by atoms with van der Waals surface area (Å²) in [6, 6.07) is -0.0729. The molecule has 5 amide bonds. The molecule has 2 atom stereocenters. The van der Waals surface area contributed by atoms with Crippen molar-refractivity contribution in [2.75, 3.05) is 66.7 Å². The molecule has 264 valence electrons. The van der Waals surface area contributed by atoms with Gasteiger partial charge in [-0.2, -0.15) is 8.42 Å². The summed E-state index contributed by atoms with van der Waals surface area (Å²) in [5.41, 5.74) is 0. The summed E-state index contributed by atoms with van der Waals surface area (Å²) in [4.78, 5) is 64.4. The standard InChI is InChI=1S/C20H30N2O11S.C8H19N3O/c23-17-14-16(34(27,28)29)19(25)22(17)33-18(24)8-10-30-12-13-31-11-9-21-20(26)32-15-6-4-2-1-3-5-7-15;1-4-9-8(12)10-6-5-7-11(2)3/h1-2,15-16H,3-14H2,(H,21,26)(H,27,28,29);4-7H2,1-3H3,(H2,9,10,12). The van der Waals surface area contributed by atoms with Crippen LogP contribution >= 0.6 is 0 Å². The Bertz CT molecular complexity index is 1100. The van der Waals surface area contributed by atoms with Crippen LogP contribution in [-0.4, -0.2) is 131 Å². The van der Waals surface area contributed by atoms with Gasteiger partial charge < -0.3 is 39.9 Å². The highest BCUT2D eigenvalue weighted by Gasteiger charge is 2.48. The fourth-order valence-electron chi connectivity index (χ4n) is 4.02. The molecule has 0 spiro atoms. The number of hydrogen-bond donors (Lipinski definition) is 4.